The summed E-state index contributed by atoms with van der Waals surface area (Å²) >= 11 is 0. The standard InChI is InChI=1S/C16H25N3O3/c1-3-11(2)14(17)15(20)18-13-4-7-19(8-5-13)16(21)12-6-9-22-10-12/h6,9-11,13-14H,3-5,7-8,17H2,1-2H3,(H,18,20). The zero-order chi connectivity index (χ0) is 16.1. The van der Waals surface area contributed by atoms with Crippen molar-refractivity contribution in [3.8, 4) is 0 Å². The molecule has 1 aliphatic heterocycles. The Bertz CT molecular complexity index is 493. The molecule has 2 amide bonds. The lowest BCUT2D eigenvalue weighted by Crippen LogP contribution is -2.52. The molecule has 1 aliphatic rings. The Balaban J connectivity index is 1.80. The summed E-state index contributed by atoms with van der Waals surface area (Å²) in [4.78, 5) is 26.1. The topological polar surface area (TPSA) is 88.6 Å². The molecule has 2 unspecified atom stereocenters. The number of carbonyl (C=O) groups is 2. The number of furan rings is 1. The average Bonchev–Trinajstić information content (AvgIpc) is 3.07. The van der Waals surface area contributed by atoms with Gasteiger partial charge in [0.05, 0.1) is 17.9 Å². The molecule has 2 atom stereocenters. The number of piperidine rings is 1. The highest BCUT2D eigenvalue weighted by Crippen LogP contribution is 2.15. The summed E-state index contributed by atoms with van der Waals surface area (Å²) < 4.78 is 4.94. The fraction of sp³-hybridized carbons (Fsp3) is 0.625. The Kier molecular flexibility index (Phi) is 5.60. The number of hydrogen-bond acceptors (Lipinski definition) is 4. The minimum absolute atomic E-state index is 0.0187. The van der Waals surface area contributed by atoms with Crippen LogP contribution in [0.5, 0.6) is 0 Å². The number of rotatable bonds is 5. The summed E-state index contributed by atoms with van der Waals surface area (Å²) in [7, 11) is 0. The first-order chi connectivity index (χ1) is 10.5. The average molecular weight is 307 g/mol. The smallest absolute Gasteiger partial charge is 0.257 e. The van der Waals surface area contributed by atoms with Crippen molar-refractivity contribution in [2.45, 2.75) is 45.2 Å². The fourth-order valence-electron chi connectivity index (χ4n) is 2.61. The summed E-state index contributed by atoms with van der Waals surface area (Å²) in [6, 6.07) is 1.30. The van der Waals surface area contributed by atoms with Gasteiger partial charge in [0.15, 0.2) is 0 Å². The van der Waals surface area contributed by atoms with Crippen LogP contribution in [0.25, 0.3) is 0 Å². The lowest BCUT2D eigenvalue weighted by molar-refractivity contribution is -0.124. The third-order valence-corrected chi connectivity index (χ3v) is 4.46. The SMILES string of the molecule is CCC(C)C(N)C(=O)NC1CCN(C(=O)c2ccoc2)CC1. The third-order valence-electron chi connectivity index (χ3n) is 4.46. The summed E-state index contributed by atoms with van der Waals surface area (Å²) in [5.41, 5.74) is 6.51. The van der Waals surface area contributed by atoms with Crippen LogP contribution in [0.4, 0.5) is 0 Å². The molecule has 0 radical (unpaired) electrons. The molecule has 0 saturated carbocycles. The second-order valence-corrected chi connectivity index (χ2v) is 6.00. The quantitative estimate of drug-likeness (QED) is 0.860. The second-order valence-electron chi connectivity index (χ2n) is 6.00. The lowest BCUT2D eigenvalue weighted by Gasteiger charge is -2.33. The molecule has 22 heavy (non-hydrogen) atoms. The summed E-state index contributed by atoms with van der Waals surface area (Å²) in [5, 5.41) is 3.01. The predicted molar refractivity (Wildman–Crippen MR) is 83.2 cm³/mol. The highest BCUT2D eigenvalue weighted by atomic mass is 16.3. The number of nitrogens with two attached hydrogens (primary N) is 1. The zero-order valence-electron chi connectivity index (χ0n) is 13.2. The van der Waals surface area contributed by atoms with E-state index in [1.165, 1.54) is 12.5 Å². The molecule has 6 nitrogen and oxygen atoms in total. The number of hydrogen-bond donors (Lipinski definition) is 2. The number of amides is 2. The van der Waals surface area contributed by atoms with Crippen molar-refractivity contribution in [3.63, 3.8) is 0 Å². The maximum absolute atomic E-state index is 12.2. The molecule has 2 heterocycles. The van der Waals surface area contributed by atoms with Crippen LogP contribution in [0.1, 0.15) is 43.5 Å². The zero-order valence-corrected chi connectivity index (χ0v) is 13.2. The molecule has 0 aromatic carbocycles. The lowest BCUT2D eigenvalue weighted by atomic mass is 9.98. The second kappa shape index (κ2) is 7.45. The van der Waals surface area contributed by atoms with Gasteiger partial charge in [-0.1, -0.05) is 20.3 Å². The minimum atomic E-state index is -0.462. The van der Waals surface area contributed by atoms with Crippen LogP contribution in [-0.4, -0.2) is 41.9 Å². The van der Waals surface area contributed by atoms with Crippen LogP contribution >= 0.6 is 0 Å². The van der Waals surface area contributed by atoms with Crippen molar-refractivity contribution < 1.29 is 14.0 Å². The van der Waals surface area contributed by atoms with E-state index in [1.807, 2.05) is 13.8 Å². The van der Waals surface area contributed by atoms with Gasteiger partial charge in [0.25, 0.3) is 5.91 Å². The molecule has 1 aromatic heterocycles. The largest absolute Gasteiger partial charge is 0.472 e. The Morgan fingerprint density at radius 1 is 1.45 bits per heavy atom. The maximum atomic E-state index is 12.2. The minimum Gasteiger partial charge on any atom is -0.472 e. The highest BCUT2D eigenvalue weighted by Gasteiger charge is 2.27. The van der Waals surface area contributed by atoms with E-state index in [1.54, 1.807) is 11.0 Å². The van der Waals surface area contributed by atoms with Crippen LogP contribution in [0, 0.1) is 5.92 Å². The van der Waals surface area contributed by atoms with Crippen LogP contribution in [0.15, 0.2) is 23.0 Å². The molecule has 6 heteroatoms. The van der Waals surface area contributed by atoms with Crippen molar-refractivity contribution in [2.24, 2.45) is 11.7 Å². The summed E-state index contributed by atoms with van der Waals surface area (Å²) in [6.07, 6.45) is 5.34. The fourth-order valence-corrected chi connectivity index (χ4v) is 2.61. The monoisotopic (exact) mass is 307 g/mol. The van der Waals surface area contributed by atoms with Gasteiger partial charge in [-0.25, -0.2) is 0 Å². The Labute approximate surface area is 131 Å². The van der Waals surface area contributed by atoms with Gasteiger partial charge >= 0.3 is 0 Å². The number of nitrogens with one attached hydrogen (secondary N) is 1. The molecular formula is C16H25N3O3. The van der Waals surface area contributed by atoms with E-state index < -0.39 is 6.04 Å². The van der Waals surface area contributed by atoms with E-state index in [4.69, 9.17) is 10.2 Å². The molecule has 1 saturated heterocycles. The van der Waals surface area contributed by atoms with Crippen molar-refractivity contribution in [1.29, 1.82) is 0 Å². The molecule has 2 rings (SSSR count). The van der Waals surface area contributed by atoms with E-state index in [9.17, 15) is 9.59 Å². The first kappa shape index (κ1) is 16.5. The van der Waals surface area contributed by atoms with E-state index in [2.05, 4.69) is 5.32 Å². The number of carbonyl (C=O) groups excluding carboxylic acids is 2. The van der Waals surface area contributed by atoms with E-state index >= 15 is 0 Å². The van der Waals surface area contributed by atoms with E-state index in [0.717, 1.165) is 19.3 Å². The van der Waals surface area contributed by atoms with Gasteiger partial charge in [0, 0.05) is 19.1 Å². The molecular weight excluding hydrogens is 282 g/mol. The third kappa shape index (κ3) is 3.88. The van der Waals surface area contributed by atoms with Crippen LogP contribution < -0.4 is 11.1 Å². The van der Waals surface area contributed by atoms with Gasteiger partial charge in [-0.05, 0) is 24.8 Å². The molecule has 0 aliphatic carbocycles. The molecule has 1 aromatic rings. The van der Waals surface area contributed by atoms with E-state index in [0.29, 0.717) is 18.7 Å². The van der Waals surface area contributed by atoms with Crippen LogP contribution in [0.2, 0.25) is 0 Å². The Morgan fingerprint density at radius 2 is 2.14 bits per heavy atom. The molecule has 0 spiro atoms. The predicted octanol–water partition coefficient (Wildman–Crippen LogP) is 1.37. The van der Waals surface area contributed by atoms with Crippen LogP contribution in [-0.2, 0) is 4.79 Å². The first-order valence-electron chi connectivity index (χ1n) is 7.90. The van der Waals surface area contributed by atoms with Gasteiger partial charge in [-0.3, -0.25) is 9.59 Å². The van der Waals surface area contributed by atoms with Gasteiger partial charge in [-0.15, -0.1) is 0 Å². The molecule has 3 N–H and O–H groups in total. The Morgan fingerprint density at radius 3 is 2.68 bits per heavy atom. The Hall–Kier alpha value is -1.82. The first-order valence-corrected chi connectivity index (χ1v) is 7.90. The maximum Gasteiger partial charge on any atom is 0.257 e. The van der Waals surface area contributed by atoms with E-state index in [-0.39, 0.29) is 23.8 Å². The summed E-state index contributed by atoms with van der Waals surface area (Å²) in [5.74, 6) is 0.0616. The van der Waals surface area contributed by atoms with Crippen molar-refractivity contribution in [1.82, 2.24) is 10.2 Å². The van der Waals surface area contributed by atoms with Crippen molar-refractivity contribution >= 4 is 11.8 Å². The molecule has 122 valence electrons. The highest BCUT2D eigenvalue weighted by molar-refractivity contribution is 5.93. The van der Waals surface area contributed by atoms with Gasteiger partial charge in [0.2, 0.25) is 5.91 Å². The van der Waals surface area contributed by atoms with Gasteiger partial charge in [0.1, 0.15) is 6.26 Å². The molecule has 0 bridgehead atoms. The van der Waals surface area contributed by atoms with Crippen LogP contribution in [0.3, 0.4) is 0 Å². The molecule has 1 fully saturated rings. The van der Waals surface area contributed by atoms with Gasteiger partial charge < -0.3 is 20.4 Å². The normalized spacial score (nSPS) is 18.8. The van der Waals surface area contributed by atoms with Crippen molar-refractivity contribution in [3.05, 3.63) is 24.2 Å². The number of likely N-dealkylation sites (tertiary alicyclic amines) is 1. The van der Waals surface area contributed by atoms with Gasteiger partial charge in [-0.2, -0.15) is 0 Å². The van der Waals surface area contributed by atoms with Crippen molar-refractivity contribution in [2.75, 3.05) is 13.1 Å². The number of nitrogens with zero attached hydrogens (tertiary/aromatic N) is 1. The summed E-state index contributed by atoms with van der Waals surface area (Å²) in [6.45, 7) is 5.27.